The predicted octanol–water partition coefficient (Wildman–Crippen LogP) is 2.04. The van der Waals surface area contributed by atoms with Crippen molar-refractivity contribution in [1.29, 1.82) is 0 Å². The molecule has 0 amide bonds. The van der Waals surface area contributed by atoms with Gasteiger partial charge in [0.1, 0.15) is 5.75 Å². The number of aromatic hydroxyl groups is 1. The summed E-state index contributed by atoms with van der Waals surface area (Å²) in [5.74, 6) is 0.230. The van der Waals surface area contributed by atoms with Crippen LogP contribution in [0.1, 0.15) is 44.4 Å². The molecule has 0 aliphatic rings. The van der Waals surface area contributed by atoms with Crippen LogP contribution in [-0.2, 0) is 5.41 Å². The Hall–Kier alpha value is -1.06. The lowest BCUT2D eigenvalue weighted by Gasteiger charge is -2.25. The Balaban J connectivity index is 3.17. The molecule has 0 saturated carbocycles. The molecule has 3 heteroatoms. The average Bonchev–Trinajstić information content (AvgIpc) is 2.28. The van der Waals surface area contributed by atoms with Gasteiger partial charge < -0.3 is 16.6 Å². The largest absolute Gasteiger partial charge is 0.508 e. The minimum absolute atomic E-state index is 0.0940. The van der Waals surface area contributed by atoms with Gasteiger partial charge in [-0.3, -0.25) is 0 Å². The average molecular weight is 222 g/mol. The Bertz CT molecular complexity index is 361. The molecule has 0 spiro atoms. The number of rotatable bonds is 4. The molecule has 16 heavy (non-hydrogen) atoms. The molecule has 5 N–H and O–H groups in total. The summed E-state index contributed by atoms with van der Waals surface area (Å²) in [7, 11) is 0. The Morgan fingerprint density at radius 1 is 1.38 bits per heavy atom. The van der Waals surface area contributed by atoms with E-state index in [1.165, 1.54) is 5.56 Å². The summed E-state index contributed by atoms with van der Waals surface area (Å²) in [6, 6.07) is 5.33. The topological polar surface area (TPSA) is 72.3 Å². The number of phenolic OH excluding ortho intramolecular Hbond substituents is 1. The van der Waals surface area contributed by atoms with Crippen molar-refractivity contribution in [3.8, 4) is 5.75 Å². The monoisotopic (exact) mass is 222 g/mol. The van der Waals surface area contributed by atoms with Gasteiger partial charge in [-0.25, -0.2) is 0 Å². The molecule has 1 rings (SSSR count). The van der Waals surface area contributed by atoms with Crippen molar-refractivity contribution < 1.29 is 5.11 Å². The van der Waals surface area contributed by atoms with E-state index in [2.05, 4.69) is 20.8 Å². The number of nitrogens with two attached hydrogens (primary N) is 2. The zero-order valence-electron chi connectivity index (χ0n) is 10.3. The van der Waals surface area contributed by atoms with Crippen LogP contribution in [0.3, 0.4) is 0 Å². The fraction of sp³-hybridized carbons (Fsp3) is 0.538. The highest BCUT2D eigenvalue weighted by Crippen LogP contribution is 2.32. The second-order valence-corrected chi connectivity index (χ2v) is 4.85. The standard InChI is InChI=1S/C13H22N2O/c1-4-13(2,3)9-5-6-12(16)10(7-9)11(15)8-14/h5-7,11,16H,4,8,14-15H2,1-3H3/t11-/m0/s1. The van der Waals surface area contributed by atoms with Crippen LogP contribution in [0, 0.1) is 0 Å². The van der Waals surface area contributed by atoms with Gasteiger partial charge in [-0.2, -0.15) is 0 Å². The van der Waals surface area contributed by atoms with Crippen molar-refractivity contribution in [3.63, 3.8) is 0 Å². The molecule has 0 radical (unpaired) electrons. The highest BCUT2D eigenvalue weighted by Gasteiger charge is 2.20. The molecule has 90 valence electrons. The number of hydrogen-bond acceptors (Lipinski definition) is 3. The van der Waals surface area contributed by atoms with Crippen LogP contribution in [0.5, 0.6) is 5.75 Å². The van der Waals surface area contributed by atoms with Crippen molar-refractivity contribution in [2.75, 3.05) is 6.54 Å². The van der Waals surface area contributed by atoms with Crippen molar-refractivity contribution in [2.45, 2.75) is 38.6 Å². The third-order valence-electron chi connectivity index (χ3n) is 3.35. The lowest BCUT2D eigenvalue weighted by molar-refractivity contribution is 0.457. The van der Waals surface area contributed by atoms with Crippen LogP contribution in [0.25, 0.3) is 0 Å². The molecule has 1 aromatic rings. The van der Waals surface area contributed by atoms with Gasteiger partial charge in [0.05, 0.1) is 0 Å². The minimum Gasteiger partial charge on any atom is -0.508 e. The molecule has 0 saturated heterocycles. The zero-order chi connectivity index (χ0) is 12.3. The molecule has 0 aliphatic carbocycles. The lowest BCUT2D eigenvalue weighted by Crippen LogP contribution is -2.22. The Morgan fingerprint density at radius 2 is 2.00 bits per heavy atom. The summed E-state index contributed by atoms with van der Waals surface area (Å²) in [6.45, 7) is 6.84. The molecular formula is C13H22N2O. The normalized spacial score (nSPS) is 13.8. The first-order chi connectivity index (χ1) is 7.42. The minimum atomic E-state index is -0.299. The maximum atomic E-state index is 9.74. The van der Waals surface area contributed by atoms with Gasteiger partial charge >= 0.3 is 0 Å². The fourth-order valence-corrected chi connectivity index (χ4v) is 1.60. The molecule has 0 unspecified atom stereocenters. The van der Waals surface area contributed by atoms with Crippen LogP contribution in [0.15, 0.2) is 18.2 Å². The van der Waals surface area contributed by atoms with E-state index >= 15 is 0 Å². The molecular weight excluding hydrogens is 200 g/mol. The second-order valence-electron chi connectivity index (χ2n) is 4.85. The number of hydrogen-bond donors (Lipinski definition) is 3. The molecule has 0 aliphatic heterocycles. The van der Waals surface area contributed by atoms with E-state index in [0.29, 0.717) is 6.54 Å². The number of phenols is 1. The van der Waals surface area contributed by atoms with Gasteiger partial charge in [-0.15, -0.1) is 0 Å². The predicted molar refractivity (Wildman–Crippen MR) is 67.4 cm³/mol. The highest BCUT2D eigenvalue weighted by atomic mass is 16.3. The quantitative estimate of drug-likeness (QED) is 0.730. The molecule has 0 fully saturated rings. The maximum absolute atomic E-state index is 9.74. The lowest BCUT2D eigenvalue weighted by atomic mass is 9.81. The Labute approximate surface area is 97.5 Å². The van der Waals surface area contributed by atoms with Crippen LogP contribution >= 0.6 is 0 Å². The highest BCUT2D eigenvalue weighted by molar-refractivity contribution is 5.40. The van der Waals surface area contributed by atoms with Gasteiger partial charge in [-0.1, -0.05) is 26.8 Å². The first-order valence-electron chi connectivity index (χ1n) is 5.71. The van der Waals surface area contributed by atoms with Crippen molar-refractivity contribution >= 4 is 0 Å². The van der Waals surface area contributed by atoms with Crippen LogP contribution in [0.2, 0.25) is 0 Å². The first-order valence-corrected chi connectivity index (χ1v) is 5.71. The van der Waals surface area contributed by atoms with Crippen molar-refractivity contribution in [2.24, 2.45) is 11.5 Å². The van der Waals surface area contributed by atoms with E-state index in [0.717, 1.165) is 12.0 Å². The molecule has 1 aromatic carbocycles. The van der Waals surface area contributed by atoms with Crippen molar-refractivity contribution in [3.05, 3.63) is 29.3 Å². The SMILES string of the molecule is CCC(C)(C)c1ccc(O)c([C@@H](N)CN)c1. The molecule has 0 bridgehead atoms. The van der Waals surface area contributed by atoms with Crippen LogP contribution in [-0.4, -0.2) is 11.7 Å². The fourth-order valence-electron chi connectivity index (χ4n) is 1.60. The molecule has 0 heterocycles. The summed E-state index contributed by atoms with van der Waals surface area (Å²) >= 11 is 0. The van der Waals surface area contributed by atoms with Gasteiger partial charge in [0.25, 0.3) is 0 Å². The smallest absolute Gasteiger partial charge is 0.120 e. The Kier molecular flexibility index (Phi) is 3.94. The van der Waals surface area contributed by atoms with Gasteiger partial charge in [-0.05, 0) is 29.5 Å². The summed E-state index contributed by atoms with van der Waals surface area (Å²) in [5, 5.41) is 9.74. The molecule has 1 atom stereocenters. The molecule has 0 aromatic heterocycles. The molecule has 3 nitrogen and oxygen atoms in total. The first kappa shape index (κ1) is 13.0. The summed E-state index contributed by atoms with van der Waals surface area (Å²) in [6.07, 6.45) is 1.04. The van der Waals surface area contributed by atoms with E-state index in [1.807, 2.05) is 12.1 Å². The summed E-state index contributed by atoms with van der Waals surface area (Å²) < 4.78 is 0. The van der Waals surface area contributed by atoms with Crippen molar-refractivity contribution in [1.82, 2.24) is 0 Å². The van der Waals surface area contributed by atoms with Gasteiger partial charge in [0, 0.05) is 18.2 Å². The summed E-state index contributed by atoms with van der Waals surface area (Å²) in [4.78, 5) is 0. The van der Waals surface area contributed by atoms with E-state index < -0.39 is 0 Å². The van der Waals surface area contributed by atoms with Crippen LogP contribution in [0.4, 0.5) is 0 Å². The van der Waals surface area contributed by atoms with Gasteiger partial charge in [0.2, 0.25) is 0 Å². The van der Waals surface area contributed by atoms with E-state index in [-0.39, 0.29) is 17.2 Å². The zero-order valence-corrected chi connectivity index (χ0v) is 10.3. The van der Waals surface area contributed by atoms with E-state index in [9.17, 15) is 5.11 Å². The Morgan fingerprint density at radius 3 is 2.50 bits per heavy atom. The second kappa shape index (κ2) is 4.85. The third-order valence-corrected chi connectivity index (χ3v) is 3.35. The van der Waals surface area contributed by atoms with Gasteiger partial charge in [0.15, 0.2) is 0 Å². The summed E-state index contributed by atoms with van der Waals surface area (Å²) in [5.41, 5.74) is 13.4. The van der Waals surface area contributed by atoms with E-state index in [1.54, 1.807) is 6.07 Å². The third kappa shape index (κ3) is 2.54. The number of benzene rings is 1. The van der Waals surface area contributed by atoms with E-state index in [4.69, 9.17) is 11.5 Å². The van der Waals surface area contributed by atoms with Crippen LogP contribution < -0.4 is 11.5 Å². The maximum Gasteiger partial charge on any atom is 0.120 e.